The maximum Gasteiger partial charge on any atom is 0.210 e. The van der Waals surface area contributed by atoms with Gasteiger partial charge in [0.25, 0.3) is 0 Å². The molecule has 0 bridgehead atoms. The molecule has 1 aliphatic rings. The van der Waals surface area contributed by atoms with Crippen LogP contribution in [0.2, 0.25) is 5.02 Å². The minimum absolute atomic E-state index is 0.592. The van der Waals surface area contributed by atoms with E-state index >= 15 is 0 Å². The molecule has 0 unspecified atom stereocenters. The molecule has 6 nitrogen and oxygen atoms in total. The molecule has 31 heavy (non-hydrogen) atoms. The molecule has 160 valence electrons. The third-order valence-electron chi connectivity index (χ3n) is 5.95. The molecule has 0 atom stereocenters. The zero-order valence-corrected chi connectivity index (χ0v) is 19.2. The highest BCUT2D eigenvalue weighted by Crippen LogP contribution is 2.33. The number of piperidine rings is 1. The molecular formula is C23H25ClN6S. The minimum Gasteiger partial charge on any atom is -0.317 e. The summed E-state index contributed by atoms with van der Waals surface area (Å²) in [5.74, 6) is 2.37. The highest BCUT2D eigenvalue weighted by atomic mass is 35.5. The summed E-state index contributed by atoms with van der Waals surface area (Å²) >= 11 is 7.42. The van der Waals surface area contributed by atoms with Crippen LogP contribution < -0.4 is 10.2 Å². The fourth-order valence-electron chi connectivity index (χ4n) is 4.25. The quantitative estimate of drug-likeness (QED) is 0.445. The van der Waals surface area contributed by atoms with E-state index in [1.54, 1.807) is 0 Å². The van der Waals surface area contributed by atoms with Crippen LogP contribution in [0, 0.1) is 0 Å². The monoisotopic (exact) mass is 452 g/mol. The lowest BCUT2D eigenvalue weighted by atomic mass is 9.91. The highest BCUT2D eigenvalue weighted by molar-refractivity contribution is 7.10. The summed E-state index contributed by atoms with van der Waals surface area (Å²) in [7, 11) is 2.05. The zero-order chi connectivity index (χ0) is 21.4. The Balaban J connectivity index is 1.53. The second kappa shape index (κ2) is 8.57. The van der Waals surface area contributed by atoms with E-state index in [9.17, 15) is 0 Å². The average molecular weight is 453 g/mol. The molecule has 8 heteroatoms. The van der Waals surface area contributed by atoms with Crippen LogP contribution in [0.15, 0.2) is 42.6 Å². The number of hydrogen-bond acceptors (Lipinski definition) is 6. The Kier molecular flexibility index (Phi) is 5.65. The Hall–Kier alpha value is -2.48. The molecule has 0 radical (unpaired) electrons. The molecular weight excluding hydrogens is 428 g/mol. The van der Waals surface area contributed by atoms with Gasteiger partial charge in [-0.3, -0.25) is 4.40 Å². The summed E-state index contributed by atoms with van der Waals surface area (Å²) in [5, 5.41) is 5.01. The first kappa shape index (κ1) is 20.4. The summed E-state index contributed by atoms with van der Waals surface area (Å²) in [4.78, 5) is 11.8. The second-order valence-corrected chi connectivity index (χ2v) is 9.08. The number of rotatable bonds is 5. The van der Waals surface area contributed by atoms with Gasteiger partial charge in [0.15, 0.2) is 5.82 Å². The normalized spacial score (nSPS) is 14.9. The van der Waals surface area contributed by atoms with Crippen molar-refractivity contribution in [2.45, 2.75) is 32.1 Å². The maximum absolute atomic E-state index is 6.02. The van der Waals surface area contributed by atoms with Gasteiger partial charge in [-0.25, -0.2) is 4.98 Å². The van der Waals surface area contributed by atoms with Crippen LogP contribution in [-0.2, 0) is 6.42 Å². The van der Waals surface area contributed by atoms with E-state index in [0.29, 0.717) is 16.8 Å². The first-order chi connectivity index (χ1) is 15.1. The Morgan fingerprint density at radius 3 is 2.65 bits per heavy atom. The number of fused-ring (bicyclic) bond motifs is 1. The Morgan fingerprint density at radius 1 is 1.13 bits per heavy atom. The number of anilines is 2. The molecule has 0 amide bonds. The minimum atomic E-state index is 0.592. The molecule has 1 aliphatic heterocycles. The van der Waals surface area contributed by atoms with Crippen molar-refractivity contribution in [3.8, 4) is 11.4 Å². The number of benzene rings is 1. The van der Waals surface area contributed by atoms with E-state index in [-0.39, 0.29) is 0 Å². The summed E-state index contributed by atoms with van der Waals surface area (Å²) in [6, 6.07) is 12.0. The topological polar surface area (TPSA) is 58.4 Å². The number of imidazole rings is 1. The van der Waals surface area contributed by atoms with Gasteiger partial charge in [0.1, 0.15) is 11.5 Å². The standard InChI is InChI=1S/C23H25ClN6S/c1-3-19-22(29(2)23-27-21(28-31-23)16-4-7-18(24)8-5-16)30-14-17(6-9-20(30)26-19)15-10-12-25-13-11-15/h4-9,14-15,25H,3,10-13H2,1-2H3. The molecule has 0 spiro atoms. The number of nitrogens with one attached hydrogen (secondary N) is 1. The molecule has 4 heterocycles. The van der Waals surface area contributed by atoms with Crippen LogP contribution in [-0.4, -0.2) is 38.9 Å². The van der Waals surface area contributed by atoms with Crippen molar-refractivity contribution in [2.75, 3.05) is 25.0 Å². The molecule has 4 aromatic rings. The lowest BCUT2D eigenvalue weighted by Crippen LogP contribution is -2.26. The fourth-order valence-corrected chi connectivity index (χ4v) is 5.02. The highest BCUT2D eigenvalue weighted by Gasteiger charge is 2.22. The Morgan fingerprint density at radius 2 is 1.90 bits per heavy atom. The van der Waals surface area contributed by atoms with Crippen molar-refractivity contribution in [3.63, 3.8) is 0 Å². The third-order valence-corrected chi connectivity index (χ3v) is 7.00. The number of hydrogen-bond donors (Lipinski definition) is 1. The number of aryl methyl sites for hydroxylation is 1. The Bertz CT molecular complexity index is 1190. The number of pyridine rings is 1. The van der Waals surface area contributed by atoms with Crippen molar-refractivity contribution < 1.29 is 0 Å². The first-order valence-corrected chi connectivity index (χ1v) is 11.8. The van der Waals surface area contributed by atoms with E-state index in [1.165, 1.54) is 29.9 Å². The van der Waals surface area contributed by atoms with Crippen molar-refractivity contribution in [2.24, 2.45) is 0 Å². The molecule has 0 saturated carbocycles. The van der Waals surface area contributed by atoms with E-state index in [1.807, 2.05) is 31.3 Å². The smallest absolute Gasteiger partial charge is 0.210 e. The number of aromatic nitrogens is 4. The predicted octanol–water partition coefficient (Wildman–Crippen LogP) is 5.30. The average Bonchev–Trinajstić information content (AvgIpc) is 3.44. The van der Waals surface area contributed by atoms with Crippen LogP contribution in [0.25, 0.3) is 17.0 Å². The molecule has 5 rings (SSSR count). The second-order valence-electron chi connectivity index (χ2n) is 7.92. The van der Waals surface area contributed by atoms with Crippen LogP contribution in [0.3, 0.4) is 0 Å². The van der Waals surface area contributed by atoms with Gasteiger partial charge in [-0.05, 0) is 74.2 Å². The molecule has 0 aliphatic carbocycles. The van der Waals surface area contributed by atoms with Crippen molar-refractivity contribution in [3.05, 3.63) is 58.9 Å². The Labute approximate surface area is 191 Å². The molecule has 1 saturated heterocycles. The van der Waals surface area contributed by atoms with E-state index in [4.69, 9.17) is 21.6 Å². The van der Waals surface area contributed by atoms with Gasteiger partial charge in [-0.1, -0.05) is 24.6 Å². The van der Waals surface area contributed by atoms with Crippen LogP contribution >= 0.6 is 23.1 Å². The van der Waals surface area contributed by atoms with Gasteiger partial charge >= 0.3 is 0 Å². The maximum atomic E-state index is 6.02. The van der Waals surface area contributed by atoms with Crippen LogP contribution in [0.5, 0.6) is 0 Å². The van der Waals surface area contributed by atoms with Crippen LogP contribution in [0.4, 0.5) is 10.9 Å². The largest absolute Gasteiger partial charge is 0.317 e. The van der Waals surface area contributed by atoms with Crippen LogP contribution in [0.1, 0.15) is 36.9 Å². The molecule has 1 N–H and O–H groups in total. The van der Waals surface area contributed by atoms with Gasteiger partial charge in [0, 0.05) is 35.4 Å². The lowest BCUT2D eigenvalue weighted by Gasteiger charge is -2.23. The molecule has 3 aromatic heterocycles. The first-order valence-electron chi connectivity index (χ1n) is 10.7. The summed E-state index contributed by atoms with van der Waals surface area (Å²) in [6.45, 7) is 4.31. The SMILES string of the molecule is CCc1nc2ccc(C3CCNCC3)cn2c1N(C)c1nc(-c2ccc(Cl)cc2)ns1. The van der Waals surface area contributed by atoms with E-state index < -0.39 is 0 Å². The van der Waals surface area contributed by atoms with Crippen molar-refractivity contribution in [1.82, 2.24) is 24.1 Å². The lowest BCUT2D eigenvalue weighted by molar-refractivity contribution is 0.459. The third kappa shape index (κ3) is 3.93. The van der Waals surface area contributed by atoms with Crippen molar-refractivity contribution in [1.29, 1.82) is 0 Å². The molecule has 1 fully saturated rings. The summed E-state index contributed by atoms with van der Waals surface area (Å²) in [5.41, 5.74) is 4.37. The van der Waals surface area contributed by atoms with Gasteiger partial charge < -0.3 is 10.2 Å². The van der Waals surface area contributed by atoms with E-state index in [2.05, 4.69) is 44.2 Å². The summed E-state index contributed by atoms with van der Waals surface area (Å²) < 4.78 is 6.80. The fraction of sp³-hybridized carbons (Fsp3) is 0.348. The number of halogens is 1. The predicted molar refractivity (Wildman–Crippen MR) is 128 cm³/mol. The number of nitrogens with zero attached hydrogens (tertiary/aromatic N) is 5. The van der Waals surface area contributed by atoms with Gasteiger partial charge in [0.05, 0.1) is 5.69 Å². The van der Waals surface area contributed by atoms with E-state index in [0.717, 1.165) is 47.4 Å². The van der Waals surface area contributed by atoms with Crippen molar-refractivity contribution >= 4 is 39.7 Å². The molecule has 1 aromatic carbocycles. The van der Waals surface area contributed by atoms with Gasteiger partial charge in [-0.2, -0.15) is 9.36 Å². The van der Waals surface area contributed by atoms with Gasteiger partial charge in [-0.15, -0.1) is 0 Å². The summed E-state index contributed by atoms with van der Waals surface area (Å²) in [6.07, 6.45) is 5.47. The zero-order valence-electron chi connectivity index (χ0n) is 17.7. The van der Waals surface area contributed by atoms with Gasteiger partial charge in [0.2, 0.25) is 5.13 Å².